The van der Waals surface area contributed by atoms with Gasteiger partial charge in [-0.25, -0.2) is 0 Å². The molecule has 0 heterocycles. The Morgan fingerprint density at radius 2 is 1.00 bits per heavy atom. The van der Waals surface area contributed by atoms with Crippen LogP contribution in [0.1, 0.15) is 0 Å². The van der Waals surface area contributed by atoms with Crippen molar-refractivity contribution < 1.29 is 22.4 Å². The summed E-state index contributed by atoms with van der Waals surface area (Å²) in [4.78, 5) is 0. The maximum absolute atomic E-state index is 0. The van der Waals surface area contributed by atoms with Crippen LogP contribution >= 0.6 is 0 Å². The molecule has 0 unspecified atom stereocenters. The molecule has 5 heavy (non-hydrogen) atoms. The molecular weight excluding hydrogens is 590 g/mol. The van der Waals surface area contributed by atoms with Crippen molar-refractivity contribution in [3.63, 3.8) is 0 Å². The van der Waals surface area contributed by atoms with E-state index in [-0.39, 0.29) is 129 Å². The van der Waals surface area contributed by atoms with Gasteiger partial charge in [-0.15, -0.1) is 0 Å². The summed E-state index contributed by atoms with van der Waals surface area (Å²) < 4.78 is 0. The summed E-state index contributed by atoms with van der Waals surface area (Å²) in [7, 11) is 0. The second kappa shape index (κ2) is 24.0. The molecule has 0 fully saturated rings. The van der Waals surface area contributed by atoms with Crippen molar-refractivity contribution in [1.29, 1.82) is 0 Å². The zero-order chi connectivity index (χ0) is 0. The maximum atomic E-state index is 0. The summed E-state index contributed by atoms with van der Waals surface area (Å²) >= 11 is 0. The summed E-state index contributed by atoms with van der Waals surface area (Å²) in [5.41, 5.74) is 0. The van der Waals surface area contributed by atoms with Gasteiger partial charge in [0.15, 0.2) is 17.4 Å². The third-order valence-corrected chi connectivity index (χ3v) is 0. The molecule has 0 rings (SSSR count). The van der Waals surface area contributed by atoms with Gasteiger partial charge in [-0.2, -0.15) is 0 Å². The first kappa shape index (κ1) is 34.8. The fraction of sp³-hybridized carbons (Fsp3) is 0. The summed E-state index contributed by atoms with van der Waals surface area (Å²) in [6.07, 6.45) is 0. The second-order valence-electron chi connectivity index (χ2n) is 0. The molecule has 0 aromatic carbocycles. The van der Waals surface area contributed by atoms with Gasteiger partial charge in [0, 0.05) is 22.4 Å². The van der Waals surface area contributed by atoms with Crippen LogP contribution in [0.4, 0.5) is 0 Å². The van der Waals surface area contributed by atoms with Crippen molar-refractivity contribution in [2.24, 2.45) is 0 Å². The van der Waals surface area contributed by atoms with Crippen molar-refractivity contribution >= 4 is 106 Å². The Kier molecular flexibility index (Phi) is 167. The Labute approximate surface area is 125 Å². The van der Waals surface area contributed by atoms with Crippen molar-refractivity contribution in [3.8, 4) is 0 Å². The summed E-state index contributed by atoms with van der Waals surface area (Å²) in [5.74, 6) is 0. The number of hydrogen-bond donors (Lipinski definition) is 0. The zero-order valence-corrected chi connectivity index (χ0v) is 13.4. The molecule has 0 saturated carbocycles. The number of hydrogen-bond acceptors (Lipinski definition) is 0. The van der Waals surface area contributed by atoms with Gasteiger partial charge in [-0.1, -0.05) is 0 Å². The van der Waals surface area contributed by atoms with E-state index in [9.17, 15) is 0 Å². The fourth-order valence-corrected chi connectivity index (χ4v) is 0. The molecule has 0 aromatic heterocycles. The molecular formula is H9AlAuCaPbSn. The van der Waals surface area contributed by atoms with E-state index in [1.165, 1.54) is 0 Å². The van der Waals surface area contributed by atoms with Gasteiger partial charge in [-0.05, 0) is 0 Å². The summed E-state index contributed by atoms with van der Waals surface area (Å²) in [6.45, 7) is 0. The van der Waals surface area contributed by atoms with E-state index in [4.69, 9.17) is 0 Å². The second-order valence-corrected chi connectivity index (χ2v) is 0. The van der Waals surface area contributed by atoms with Gasteiger partial charge in [-0.3, -0.25) is 0 Å². The van der Waals surface area contributed by atoms with Crippen LogP contribution < -0.4 is 0 Å². The topological polar surface area (TPSA) is 0 Å². The Bertz CT molecular complexity index is 11.6. The Hall–Kier alpha value is 4.25. The Balaban J connectivity index is 0. The Morgan fingerprint density at radius 3 is 1.00 bits per heavy atom. The van der Waals surface area contributed by atoms with Crippen molar-refractivity contribution in [1.82, 2.24) is 0 Å². The first-order valence-corrected chi connectivity index (χ1v) is 0. The predicted molar refractivity (Wildman–Crippen MR) is 35.6 cm³/mol. The molecule has 0 amide bonds. The molecule has 0 aromatic rings. The van der Waals surface area contributed by atoms with E-state index in [0.717, 1.165) is 0 Å². The van der Waals surface area contributed by atoms with Gasteiger partial charge >= 0.3 is 88.9 Å². The van der Waals surface area contributed by atoms with Gasteiger partial charge in [0.2, 0.25) is 0 Å². The van der Waals surface area contributed by atoms with Gasteiger partial charge in [0.05, 0.1) is 0 Å². The molecule has 0 aliphatic heterocycles. The molecule has 5 heteroatoms. The molecule has 0 spiro atoms. The van der Waals surface area contributed by atoms with Crippen LogP contribution in [-0.4, -0.2) is 106 Å². The Morgan fingerprint density at radius 1 is 1.00 bits per heavy atom. The SMILES string of the molecule is [AlH3].[Au].[CaH2].[PbH2].[SnH2]. The standard InChI is InChI=1S/Al.Au.Ca.Pb.Sn.9H. The average molecular weight is 599 g/mol. The van der Waals surface area contributed by atoms with Gasteiger partial charge in [0.1, 0.15) is 0 Å². The van der Waals surface area contributed by atoms with Crippen LogP contribution in [0.15, 0.2) is 0 Å². The molecule has 0 nitrogen and oxygen atoms in total. The molecule has 0 aliphatic carbocycles. The third kappa shape index (κ3) is 17.8. The van der Waals surface area contributed by atoms with E-state index in [1.54, 1.807) is 0 Å². The first-order valence-electron chi connectivity index (χ1n) is 0. The van der Waals surface area contributed by atoms with Crippen molar-refractivity contribution in [3.05, 3.63) is 0 Å². The first-order chi connectivity index (χ1) is 0. The molecule has 0 atom stereocenters. The predicted octanol–water partition coefficient (Wildman–Crippen LogP) is -3.94. The van der Waals surface area contributed by atoms with E-state index in [2.05, 4.69) is 0 Å². The molecule has 0 aliphatic rings. The normalized spacial score (nSPS) is 0. The van der Waals surface area contributed by atoms with Crippen LogP contribution in [-0.2, 0) is 22.4 Å². The molecule has 33 valence electrons. The van der Waals surface area contributed by atoms with Crippen molar-refractivity contribution in [2.45, 2.75) is 0 Å². The number of rotatable bonds is 0. The van der Waals surface area contributed by atoms with Crippen LogP contribution in [0.5, 0.6) is 0 Å². The quantitative estimate of drug-likeness (QED) is 0.250. The fourth-order valence-electron chi connectivity index (χ4n) is 0. The van der Waals surface area contributed by atoms with Crippen LogP contribution in [0.2, 0.25) is 0 Å². The molecule has 0 saturated heterocycles. The van der Waals surface area contributed by atoms with Crippen LogP contribution in [0.3, 0.4) is 0 Å². The molecule has 0 N–H and O–H groups in total. The van der Waals surface area contributed by atoms with Crippen LogP contribution in [0.25, 0.3) is 0 Å². The molecule has 5 radical (unpaired) electrons. The molecule has 0 bridgehead atoms. The monoisotopic (exact) mass is 601 g/mol. The third-order valence-electron chi connectivity index (χ3n) is 0. The van der Waals surface area contributed by atoms with E-state index in [0.29, 0.717) is 0 Å². The van der Waals surface area contributed by atoms with Gasteiger partial charge < -0.3 is 0 Å². The average Bonchev–Trinajstić information content (AvgIpc) is 0. The van der Waals surface area contributed by atoms with Crippen LogP contribution in [0, 0.1) is 0 Å². The zero-order valence-electron chi connectivity index (χ0n) is 1.72. The van der Waals surface area contributed by atoms with Crippen molar-refractivity contribution in [2.75, 3.05) is 0 Å². The van der Waals surface area contributed by atoms with E-state index < -0.39 is 0 Å². The summed E-state index contributed by atoms with van der Waals surface area (Å²) in [5, 5.41) is 0. The van der Waals surface area contributed by atoms with E-state index in [1.807, 2.05) is 0 Å². The van der Waals surface area contributed by atoms with E-state index >= 15 is 0 Å². The minimum absolute atomic E-state index is 0. The minimum atomic E-state index is 0. The van der Waals surface area contributed by atoms with Gasteiger partial charge in [0.25, 0.3) is 0 Å². The summed E-state index contributed by atoms with van der Waals surface area (Å²) in [6, 6.07) is 0.